The normalized spacial score (nSPS) is 16.6. The van der Waals surface area contributed by atoms with Gasteiger partial charge in [-0.05, 0) is 25.5 Å². The molecular weight excluding hydrogens is 286 g/mol. The van der Waals surface area contributed by atoms with Gasteiger partial charge in [0.2, 0.25) is 5.91 Å². The predicted molar refractivity (Wildman–Crippen MR) is 79.3 cm³/mol. The first-order valence-corrected chi connectivity index (χ1v) is 7.22. The molecule has 1 aliphatic heterocycles. The van der Waals surface area contributed by atoms with Crippen molar-refractivity contribution in [2.75, 3.05) is 25.2 Å². The first-order valence-electron chi connectivity index (χ1n) is 7.22. The van der Waals surface area contributed by atoms with Gasteiger partial charge in [-0.15, -0.1) is 0 Å². The zero-order valence-electron chi connectivity index (χ0n) is 12.9. The number of carbonyl (C=O) groups is 3. The van der Waals surface area contributed by atoms with E-state index >= 15 is 0 Å². The first-order chi connectivity index (χ1) is 10.5. The lowest BCUT2D eigenvalue weighted by Gasteiger charge is -2.19. The van der Waals surface area contributed by atoms with E-state index in [1.807, 2.05) is 0 Å². The van der Waals surface area contributed by atoms with Crippen LogP contribution in [0.2, 0.25) is 0 Å². The molecule has 1 heterocycles. The molecule has 1 atom stereocenters. The summed E-state index contributed by atoms with van der Waals surface area (Å²) in [5.74, 6) is -3.96. The number of esters is 2. The third kappa shape index (κ3) is 2.68. The third-order valence-corrected chi connectivity index (χ3v) is 3.64. The molecule has 0 aliphatic carbocycles. The number of fused-ring (bicyclic) bond motifs is 1. The summed E-state index contributed by atoms with van der Waals surface area (Å²) < 4.78 is 9.94. The van der Waals surface area contributed by atoms with Gasteiger partial charge >= 0.3 is 11.9 Å². The Bertz CT molecular complexity index is 580. The molecule has 1 aromatic carbocycles. The number of anilines is 1. The minimum Gasteiger partial charge on any atom is -0.465 e. The predicted octanol–water partition coefficient (Wildman–Crippen LogP) is 1.49. The maximum Gasteiger partial charge on any atom is 0.321 e. The Balaban J connectivity index is 2.45. The molecule has 6 nitrogen and oxygen atoms in total. The fourth-order valence-electron chi connectivity index (χ4n) is 2.67. The largest absolute Gasteiger partial charge is 0.465 e. The first kappa shape index (κ1) is 16.0. The van der Waals surface area contributed by atoms with E-state index in [1.165, 1.54) is 4.90 Å². The Morgan fingerprint density at radius 2 is 1.68 bits per heavy atom. The van der Waals surface area contributed by atoms with Gasteiger partial charge in [-0.25, -0.2) is 0 Å². The Morgan fingerprint density at radius 3 is 2.23 bits per heavy atom. The van der Waals surface area contributed by atoms with E-state index in [4.69, 9.17) is 9.47 Å². The number of benzene rings is 1. The highest BCUT2D eigenvalue weighted by Gasteiger charge is 2.48. The number of hydrogen-bond acceptors (Lipinski definition) is 5. The van der Waals surface area contributed by atoms with Crippen molar-refractivity contribution in [3.8, 4) is 0 Å². The van der Waals surface area contributed by atoms with Crippen LogP contribution in [-0.2, 0) is 23.9 Å². The molecule has 22 heavy (non-hydrogen) atoms. The maximum atomic E-state index is 12.5. The summed E-state index contributed by atoms with van der Waals surface area (Å²) in [6.45, 7) is 3.56. The molecule has 0 radical (unpaired) electrons. The zero-order chi connectivity index (χ0) is 16.3. The molecule has 6 heteroatoms. The topological polar surface area (TPSA) is 72.9 Å². The van der Waals surface area contributed by atoms with Crippen molar-refractivity contribution in [3.05, 3.63) is 29.8 Å². The van der Waals surface area contributed by atoms with Crippen molar-refractivity contribution in [1.29, 1.82) is 0 Å². The monoisotopic (exact) mass is 305 g/mol. The van der Waals surface area contributed by atoms with Crippen molar-refractivity contribution in [1.82, 2.24) is 0 Å². The van der Waals surface area contributed by atoms with E-state index in [0.29, 0.717) is 11.3 Å². The van der Waals surface area contributed by atoms with Crippen LogP contribution in [0.3, 0.4) is 0 Å². The molecular formula is C16H19NO5. The van der Waals surface area contributed by atoms with E-state index in [1.54, 1.807) is 45.2 Å². The highest BCUT2D eigenvalue weighted by molar-refractivity contribution is 6.11. The fourth-order valence-corrected chi connectivity index (χ4v) is 2.67. The summed E-state index contributed by atoms with van der Waals surface area (Å²) in [5.41, 5.74) is 1.33. The number of nitrogens with zero attached hydrogens (tertiary/aromatic N) is 1. The zero-order valence-corrected chi connectivity index (χ0v) is 12.9. The summed E-state index contributed by atoms with van der Waals surface area (Å²) in [7, 11) is 1.62. The van der Waals surface area contributed by atoms with E-state index in [-0.39, 0.29) is 19.1 Å². The molecule has 0 aromatic heterocycles. The van der Waals surface area contributed by atoms with Gasteiger partial charge in [0.25, 0.3) is 0 Å². The number of rotatable bonds is 5. The van der Waals surface area contributed by atoms with Crippen molar-refractivity contribution in [2.24, 2.45) is 5.92 Å². The lowest BCUT2D eigenvalue weighted by molar-refractivity contribution is -0.164. The Kier molecular flexibility index (Phi) is 4.80. The highest BCUT2D eigenvalue weighted by Crippen LogP contribution is 2.41. The molecule has 1 amide bonds. The van der Waals surface area contributed by atoms with Gasteiger partial charge in [0.05, 0.1) is 19.1 Å². The molecule has 0 saturated carbocycles. The van der Waals surface area contributed by atoms with E-state index in [0.717, 1.165) is 0 Å². The summed E-state index contributed by atoms with van der Waals surface area (Å²) in [5, 5.41) is 0. The molecule has 0 spiro atoms. The molecule has 1 aromatic rings. The van der Waals surface area contributed by atoms with Crippen LogP contribution in [0.4, 0.5) is 5.69 Å². The second-order valence-corrected chi connectivity index (χ2v) is 4.92. The second kappa shape index (κ2) is 6.60. The summed E-state index contributed by atoms with van der Waals surface area (Å²) in [4.78, 5) is 38.4. The number of likely N-dealkylation sites (N-methyl/N-ethyl adjacent to an activating group) is 1. The lowest BCUT2D eigenvalue weighted by atomic mass is 9.87. The number of amides is 1. The number of para-hydroxylation sites is 1. The smallest absolute Gasteiger partial charge is 0.321 e. The molecule has 2 rings (SSSR count). The molecule has 0 N–H and O–H groups in total. The minimum atomic E-state index is -1.28. The van der Waals surface area contributed by atoms with Gasteiger partial charge in [-0.2, -0.15) is 0 Å². The van der Waals surface area contributed by atoms with Crippen LogP contribution in [-0.4, -0.2) is 38.1 Å². The second-order valence-electron chi connectivity index (χ2n) is 4.92. The van der Waals surface area contributed by atoms with Gasteiger partial charge in [-0.3, -0.25) is 14.4 Å². The van der Waals surface area contributed by atoms with Crippen molar-refractivity contribution in [3.63, 3.8) is 0 Å². The number of carbonyl (C=O) groups excluding carboxylic acids is 3. The average molecular weight is 305 g/mol. The van der Waals surface area contributed by atoms with Crippen molar-refractivity contribution in [2.45, 2.75) is 19.8 Å². The van der Waals surface area contributed by atoms with Crippen molar-refractivity contribution >= 4 is 23.5 Å². The molecule has 0 saturated heterocycles. The minimum absolute atomic E-state index is 0.132. The van der Waals surface area contributed by atoms with Crippen LogP contribution in [0.1, 0.15) is 25.3 Å². The lowest BCUT2D eigenvalue weighted by Crippen LogP contribution is -2.38. The standard InChI is InChI=1S/C16H19NO5/c1-4-21-15(19)13(16(20)22-5-2)12-10-8-6-7-9-11(10)17(3)14(12)18/h6-9,12-13H,4-5H2,1-3H3. The van der Waals surface area contributed by atoms with E-state index in [9.17, 15) is 14.4 Å². The Morgan fingerprint density at radius 1 is 1.14 bits per heavy atom. The average Bonchev–Trinajstić information content (AvgIpc) is 2.74. The fraction of sp³-hybridized carbons (Fsp3) is 0.438. The van der Waals surface area contributed by atoms with Gasteiger partial charge in [0.15, 0.2) is 5.92 Å². The Hall–Kier alpha value is -2.37. The SMILES string of the molecule is CCOC(=O)C(C(=O)OCC)C1C(=O)N(C)c2ccccc21. The summed E-state index contributed by atoms with van der Waals surface area (Å²) in [6.07, 6.45) is 0. The van der Waals surface area contributed by atoms with Gasteiger partial charge < -0.3 is 14.4 Å². The molecule has 0 bridgehead atoms. The van der Waals surface area contributed by atoms with Crippen molar-refractivity contribution < 1.29 is 23.9 Å². The number of ether oxygens (including phenoxy) is 2. The van der Waals surface area contributed by atoms with Crippen LogP contribution >= 0.6 is 0 Å². The molecule has 1 unspecified atom stereocenters. The summed E-state index contributed by atoms with van der Waals surface area (Å²) in [6, 6.07) is 7.09. The summed E-state index contributed by atoms with van der Waals surface area (Å²) >= 11 is 0. The van der Waals surface area contributed by atoms with E-state index < -0.39 is 23.8 Å². The highest BCUT2D eigenvalue weighted by atomic mass is 16.6. The molecule has 118 valence electrons. The van der Waals surface area contributed by atoms with Gasteiger partial charge in [0, 0.05) is 12.7 Å². The van der Waals surface area contributed by atoms with Gasteiger partial charge in [0.1, 0.15) is 0 Å². The quantitative estimate of drug-likeness (QED) is 0.609. The third-order valence-electron chi connectivity index (χ3n) is 3.64. The van der Waals surface area contributed by atoms with Crippen LogP contribution < -0.4 is 4.90 Å². The van der Waals surface area contributed by atoms with Crippen LogP contribution in [0.15, 0.2) is 24.3 Å². The Labute approximate surface area is 129 Å². The van der Waals surface area contributed by atoms with Crippen LogP contribution in [0.25, 0.3) is 0 Å². The number of hydrogen-bond donors (Lipinski definition) is 0. The van der Waals surface area contributed by atoms with Crippen LogP contribution in [0, 0.1) is 5.92 Å². The van der Waals surface area contributed by atoms with Gasteiger partial charge in [-0.1, -0.05) is 18.2 Å². The molecule has 1 aliphatic rings. The maximum absolute atomic E-state index is 12.5. The van der Waals surface area contributed by atoms with Crippen LogP contribution in [0.5, 0.6) is 0 Å². The van der Waals surface area contributed by atoms with E-state index in [2.05, 4.69) is 0 Å². The molecule has 0 fully saturated rings.